The first-order valence-corrected chi connectivity index (χ1v) is 8.28. The topological polar surface area (TPSA) is 106 Å². The number of nitrogens with two attached hydrogens (primary N) is 1. The van der Waals surface area contributed by atoms with Gasteiger partial charge in [0.1, 0.15) is 6.29 Å². The summed E-state index contributed by atoms with van der Waals surface area (Å²) in [6.07, 6.45) is 0.656. The molecule has 3 N–H and O–H groups in total. The average molecular weight is 332 g/mol. The van der Waals surface area contributed by atoms with E-state index < -0.39 is 15.9 Å². The lowest BCUT2D eigenvalue weighted by atomic mass is 10.0. The van der Waals surface area contributed by atoms with E-state index in [4.69, 9.17) is 5.14 Å². The van der Waals surface area contributed by atoms with Gasteiger partial charge < -0.3 is 5.32 Å². The molecule has 0 bridgehead atoms. The van der Waals surface area contributed by atoms with Gasteiger partial charge in [0.25, 0.3) is 5.91 Å². The molecule has 0 saturated heterocycles. The van der Waals surface area contributed by atoms with Crippen LogP contribution in [0.3, 0.4) is 0 Å². The number of anilines is 1. The molecular formula is C16H16N2O4S. The number of aldehydes is 1. The number of rotatable bonds is 4. The first-order valence-electron chi connectivity index (χ1n) is 6.73. The highest BCUT2D eigenvalue weighted by molar-refractivity contribution is 7.89. The fourth-order valence-electron chi connectivity index (χ4n) is 2.21. The summed E-state index contributed by atoms with van der Waals surface area (Å²) in [7, 11) is -3.87. The molecule has 0 heterocycles. The van der Waals surface area contributed by atoms with Gasteiger partial charge in [0.15, 0.2) is 0 Å². The number of carbonyl (C=O) groups is 2. The Labute approximate surface area is 134 Å². The molecule has 2 rings (SSSR count). The number of hydrogen-bond donors (Lipinski definition) is 2. The highest BCUT2D eigenvalue weighted by atomic mass is 32.2. The molecule has 0 unspecified atom stereocenters. The quantitative estimate of drug-likeness (QED) is 0.835. The predicted molar refractivity (Wildman–Crippen MR) is 87.1 cm³/mol. The van der Waals surface area contributed by atoms with E-state index in [0.717, 1.165) is 0 Å². The van der Waals surface area contributed by atoms with Crippen LogP contribution in [0.1, 0.15) is 31.8 Å². The van der Waals surface area contributed by atoms with Gasteiger partial charge in [-0.3, -0.25) is 9.59 Å². The molecule has 0 spiro atoms. The SMILES string of the molecule is Cc1ccc(C=O)cc1C(=O)Nc1cccc(S(N)(=O)=O)c1C. The van der Waals surface area contributed by atoms with Gasteiger partial charge in [-0.25, -0.2) is 13.6 Å². The second-order valence-electron chi connectivity index (χ2n) is 5.12. The first-order chi connectivity index (χ1) is 10.7. The number of benzene rings is 2. The summed E-state index contributed by atoms with van der Waals surface area (Å²) >= 11 is 0. The largest absolute Gasteiger partial charge is 0.322 e. The van der Waals surface area contributed by atoms with Crippen molar-refractivity contribution in [1.29, 1.82) is 0 Å². The molecule has 0 aromatic heterocycles. The van der Waals surface area contributed by atoms with Crippen LogP contribution in [-0.4, -0.2) is 20.6 Å². The molecular weight excluding hydrogens is 316 g/mol. The van der Waals surface area contributed by atoms with Crippen molar-refractivity contribution in [2.24, 2.45) is 5.14 Å². The highest BCUT2D eigenvalue weighted by Crippen LogP contribution is 2.23. The van der Waals surface area contributed by atoms with Crippen molar-refractivity contribution in [2.75, 3.05) is 5.32 Å². The molecule has 0 radical (unpaired) electrons. The first kappa shape index (κ1) is 16.9. The summed E-state index contributed by atoms with van der Waals surface area (Å²) in [5, 5.41) is 7.81. The van der Waals surface area contributed by atoms with Gasteiger partial charge in [-0.15, -0.1) is 0 Å². The maximum atomic E-state index is 12.4. The summed E-state index contributed by atoms with van der Waals surface area (Å²) in [4.78, 5) is 23.2. The lowest BCUT2D eigenvalue weighted by molar-refractivity contribution is 0.102. The Morgan fingerprint density at radius 1 is 1.17 bits per heavy atom. The van der Waals surface area contributed by atoms with Crippen LogP contribution in [0.25, 0.3) is 0 Å². The minimum atomic E-state index is -3.87. The average Bonchev–Trinajstić information content (AvgIpc) is 2.48. The number of hydrogen-bond acceptors (Lipinski definition) is 4. The molecule has 0 saturated carbocycles. The number of sulfonamides is 1. The maximum absolute atomic E-state index is 12.4. The monoisotopic (exact) mass is 332 g/mol. The Morgan fingerprint density at radius 2 is 1.87 bits per heavy atom. The van der Waals surface area contributed by atoms with E-state index in [0.29, 0.717) is 34.2 Å². The minimum absolute atomic E-state index is 0.0475. The molecule has 0 aliphatic heterocycles. The smallest absolute Gasteiger partial charge is 0.255 e. The molecule has 0 fully saturated rings. The Hall–Kier alpha value is -2.51. The van der Waals surface area contributed by atoms with E-state index in [1.54, 1.807) is 32.0 Å². The number of nitrogens with one attached hydrogen (secondary N) is 1. The zero-order valence-electron chi connectivity index (χ0n) is 12.7. The fraction of sp³-hybridized carbons (Fsp3) is 0.125. The number of amides is 1. The van der Waals surface area contributed by atoms with E-state index in [1.165, 1.54) is 18.2 Å². The van der Waals surface area contributed by atoms with Gasteiger partial charge in [-0.2, -0.15) is 0 Å². The van der Waals surface area contributed by atoms with Crippen molar-refractivity contribution in [1.82, 2.24) is 0 Å². The third-order valence-electron chi connectivity index (χ3n) is 3.48. The lowest BCUT2D eigenvalue weighted by Gasteiger charge is -2.12. The number of carbonyl (C=O) groups excluding carboxylic acids is 2. The van der Waals surface area contributed by atoms with Crippen molar-refractivity contribution < 1.29 is 18.0 Å². The van der Waals surface area contributed by atoms with Gasteiger partial charge in [-0.05, 0) is 43.2 Å². The molecule has 2 aromatic rings. The van der Waals surface area contributed by atoms with Crippen LogP contribution in [-0.2, 0) is 10.0 Å². The molecule has 1 amide bonds. The van der Waals surface area contributed by atoms with Gasteiger partial charge in [-0.1, -0.05) is 18.2 Å². The van der Waals surface area contributed by atoms with Gasteiger partial charge >= 0.3 is 0 Å². The molecule has 120 valence electrons. The highest BCUT2D eigenvalue weighted by Gasteiger charge is 2.16. The molecule has 23 heavy (non-hydrogen) atoms. The number of primary sulfonamides is 1. The Bertz CT molecular complexity index is 889. The van der Waals surface area contributed by atoms with Crippen LogP contribution < -0.4 is 10.5 Å². The van der Waals surface area contributed by atoms with Crippen LogP contribution >= 0.6 is 0 Å². The summed E-state index contributed by atoms with van der Waals surface area (Å²) in [5.74, 6) is -0.430. The fourth-order valence-corrected chi connectivity index (χ4v) is 3.01. The van der Waals surface area contributed by atoms with E-state index in [2.05, 4.69) is 5.32 Å². The Morgan fingerprint density at radius 3 is 2.48 bits per heavy atom. The van der Waals surface area contributed by atoms with Crippen molar-refractivity contribution in [3.63, 3.8) is 0 Å². The van der Waals surface area contributed by atoms with Crippen LogP contribution in [0.15, 0.2) is 41.3 Å². The van der Waals surface area contributed by atoms with Crippen molar-refractivity contribution >= 4 is 27.9 Å². The van der Waals surface area contributed by atoms with Crippen LogP contribution in [0, 0.1) is 13.8 Å². The summed E-state index contributed by atoms with van der Waals surface area (Å²) in [6.45, 7) is 3.31. The van der Waals surface area contributed by atoms with Crippen LogP contribution in [0.2, 0.25) is 0 Å². The predicted octanol–water partition coefficient (Wildman–Crippen LogP) is 2.02. The Balaban J connectivity index is 2.40. The molecule has 0 atom stereocenters. The summed E-state index contributed by atoms with van der Waals surface area (Å²) in [6, 6.07) is 9.23. The molecule has 7 heteroatoms. The summed E-state index contributed by atoms with van der Waals surface area (Å²) < 4.78 is 23.1. The second kappa shape index (κ2) is 6.31. The van der Waals surface area contributed by atoms with E-state index in [1.807, 2.05) is 0 Å². The van der Waals surface area contributed by atoms with Crippen LogP contribution in [0.4, 0.5) is 5.69 Å². The zero-order valence-corrected chi connectivity index (χ0v) is 13.5. The molecule has 0 aliphatic carbocycles. The van der Waals surface area contributed by atoms with Gasteiger partial charge in [0, 0.05) is 16.8 Å². The molecule has 0 aliphatic rings. The van der Waals surface area contributed by atoms with Crippen molar-refractivity contribution in [2.45, 2.75) is 18.7 Å². The van der Waals surface area contributed by atoms with E-state index >= 15 is 0 Å². The molecule has 6 nitrogen and oxygen atoms in total. The minimum Gasteiger partial charge on any atom is -0.322 e. The second-order valence-corrected chi connectivity index (χ2v) is 6.65. The third kappa shape index (κ3) is 3.64. The van der Waals surface area contributed by atoms with Crippen molar-refractivity contribution in [3.8, 4) is 0 Å². The Kier molecular flexibility index (Phi) is 4.63. The lowest BCUT2D eigenvalue weighted by Crippen LogP contribution is -2.17. The van der Waals surface area contributed by atoms with Crippen molar-refractivity contribution in [3.05, 3.63) is 58.7 Å². The van der Waals surface area contributed by atoms with Gasteiger partial charge in [0.2, 0.25) is 10.0 Å². The summed E-state index contributed by atoms with van der Waals surface area (Å²) in [5.41, 5.74) is 2.13. The zero-order chi connectivity index (χ0) is 17.2. The third-order valence-corrected chi connectivity index (χ3v) is 4.54. The van der Waals surface area contributed by atoms with E-state index in [9.17, 15) is 18.0 Å². The maximum Gasteiger partial charge on any atom is 0.255 e. The van der Waals surface area contributed by atoms with Gasteiger partial charge in [0.05, 0.1) is 4.90 Å². The number of aryl methyl sites for hydroxylation is 1. The standard InChI is InChI=1S/C16H16N2O4S/c1-10-6-7-12(9-19)8-13(10)16(20)18-14-4-3-5-15(11(14)2)23(17,21)22/h3-9H,1-2H3,(H,18,20)(H2,17,21,22). The van der Waals surface area contributed by atoms with Crippen LogP contribution in [0.5, 0.6) is 0 Å². The normalized spacial score (nSPS) is 11.1. The van der Waals surface area contributed by atoms with E-state index in [-0.39, 0.29) is 4.90 Å². The molecule has 2 aromatic carbocycles.